The summed E-state index contributed by atoms with van der Waals surface area (Å²) in [4.78, 5) is 31.7. The van der Waals surface area contributed by atoms with Gasteiger partial charge in [-0.3, -0.25) is 19.5 Å². The molecular formula is C30H34FN9O3. The molecule has 0 spiro atoms. The van der Waals surface area contributed by atoms with Gasteiger partial charge in [0, 0.05) is 60.5 Å². The summed E-state index contributed by atoms with van der Waals surface area (Å²) in [5.74, 6) is 0.249. The highest BCUT2D eigenvalue weighted by Crippen LogP contribution is 2.36. The van der Waals surface area contributed by atoms with E-state index in [9.17, 15) is 14.9 Å². The van der Waals surface area contributed by atoms with Gasteiger partial charge in [0.05, 0.1) is 11.4 Å². The Morgan fingerprint density at radius 1 is 1.19 bits per heavy atom. The average Bonchev–Trinajstić information content (AvgIpc) is 3.48. The minimum absolute atomic E-state index is 0.0117. The minimum atomic E-state index is -0.821. The number of anilines is 3. The smallest absolute Gasteiger partial charge is 0.412 e. The van der Waals surface area contributed by atoms with Gasteiger partial charge in [0.25, 0.3) is 0 Å². The van der Waals surface area contributed by atoms with E-state index >= 15 is 4.39 Å². The summed E-state index contributed by atoms with van der Waals surface area (Å²) in [5, 5.41) is 24.9. The number of carbonyl (C=O) groups excluding carboxylic acids is 2. The second-order valence-electron chi connectivity index (χ2n) is 11.6. The van der Waals surface area contributed by atoms with Crippen LogP contribution >= 0.6 is 0 Å². The first-order chi connectivity index (χ1) is 20.4. The van der Waals surface area contributed by atoms with Crippen LogP contribution in [0.25, 0.3) is 22.0 Å². The van der Waals surface area contributed by atoms with Crippen LogP contribution < -0.4 is 10.6 Å². The van der Waals surface area contributed by atoms with Gasteiger partial charge in [-0.1, -0.05) is 0 Å². The number of nitrogens with one attached hydrogen (secondary N) is 2. The summed E-state index contributed by atoms with van der Waals surface area (Å²) in [7, 11) is 0. The van der Waals surface area contributed by atoms with E-state index in [2.05, 4.69) is 25.8 Å². The zero-order valence-corrected chi connectivity index (χ0v) is 25.0. The Bertz CT molecular complexity index is 1760. The Kier molecular flexibility index (Phi) is 7.79. The van der Waals surface area contributed by atoms with Crippen molar-refractivity contribution in [2.24, 2.45) is 0 Å². The summed E-state index contributed by atoms with van der Waals surface area (Å²) >= 11 is 0. The number of ether oxygens (including phenoxy) is 1. The van der Waals surface area contributed by atoms with Crippen molar-refractivity contribution in [2.45, 2.75) is 72.7 Å². The number of benzene rings is 1. The topological polar surface area (TPSA) is 143 Å². The van der Waals surface area contributed by atoms with Crippen LogP contribution in [-0.2, 0) is 29.0 Å². The number of aryl methyl sites for hydroxylation is 1. The molecule has 2 amide bonds. The highest BCUT2D eigenvalue weighted by Gasteiger charge is 2.25. The number of nitriles is 1. The van der Waals surface area contributed by atoms with Crippen molar-refractivity contribution < 1.29 is 18.7 Å². The Hall–Kier alpha value is -4.99. The third-order valence-corrected chi connectivity index (χ3v) is 7.01. The van der Waals surface area contributed by atoms with Gasteiger partial charge in [-0.25, -0.2) is 14.2 Å². The highest BCUT2D eigenvalue weighted by atomic mass is 19.1. The first-order valence-corrected chi connectivity index (χ1v) is 14.1. The molecule has 0 radical (unpaired) electrons. The maximum Gasteiger partial charge on any atom is 0.412 e. The van der Waals surface area contributed by atoms with Crippen molar-refractivity contribution in [2.75, 3.05) is 17.2 Å². The predicted molar refractivity (Wildman–Crippen MR) is 159 cm³/mol. The average molecular weight is 588 g/mol. The predicted octanol–water partition coefficient (Wildman–Crippen LogP) is 5.21. The van der Waals surface area contributed by atoms with Crippen molar-refractivity contribution in [1.29, 1.82) is 5.26 Å². The molecule has 224 valence electrons. The second kappa shape index (κ2) is 11.4. The Labute approximate surface area is 248 Å². The molecule has 43 heavy (non-hydrogen) atoms. The van der Waals surface area contributed by atoms with Crippen molar-refractivity contribution in [3.05, 3.63) is 47.7 Å². The molecule has 0 saturated carbocycles. The lowest BCUT2D eigenvalue weighted by molar-refractivity contribution is -0.133. The highest BCUT2D eigenvalue weighted by molar-refractivity contribution is 6.03. The first kappa shape index (κ1) is 29.5. The van der Waals surface area contributed by atoms with Crippen LogP contribution in [0.1, 0.15) is 52.9 Å². The number of nitrogens with zero attached hydrogens (tertiary/aromatic N) is 7. The molecule has 5 rings (SSSR count). The van der Waals surface area contributed by atoms with Gasteiger partial charge in [0.15, 0.2) is 17.3 Å². The normalized spacial score (nSPS) is 13.6. The maximum atomic E-state index is 16.2. The molecule has 3 aromatic heterocycles. The number of halogens is 1. The van der Waals surface area contributed by atoms with Crippen molar-refractivity contribution in [3.8, 4) is 17.3 Å². The van der Waals surface area contributed by atoms with Gasteiger partial charge in [-0.15, -0.1) is 0 Å². The van der Waals surface area contributed by atoms with Gasteiger partial charge in [0.1, 0.15) is 24.0 Å². The van der Waals surface area contributed by atoms with E-state index in [1.54, 1.807) is 37.6 Å². The molecule has 0 saturated heterocycles. The molecule has 1 aromatic carbocycles. The largest absolute Gasteiger partial charge is 0.444 e. The fourth-order valence-electron chi connectivity index (χ4n) is 5.09. The van der Waals surface area contributed by atoms with Gasteiger partial charge in [-0.05, 0) is 59.1 Å². The Balaban J connectivity index is 1.54. The third-order valence-electron chi connectivity index (χ3n) is 7.01. The van der Waals surface area contributed by atoms with Crippen molar-refractivity contribution in [1.82, 2.24) is 29.4 Å². The zero-order valence-electron chi connectivity index (χ0n) is 25.0. The molecule has 0 bridgehead atoms. The number of amides is 2. The van der Waals surface area contributed by atoms with Gasteiger partial charge >= 0.3 is 6.09 Å². The fraction of sp³-hybridized carbons (Fsp3) is 0.400. The SMILES string of the molecule is CCn1nc(C#N)cc1-c1cc2cc(Nc3cc4n(n3)CC(=O)N(C(C)C)CC4)ncc2c(NC(=O)OC(C)(C)C)c1F. The standard InChI is InChI=1S/C30H34FN9O3/c1-7-39-23(12-19(14-32)36-39)21-10-18-11-24(33-15-22(18)28(27(21)31)35-29(42)43-30(4,5)6)34-25-13-20-8-9-38(17(2)3)26(41)16-40(20)37-25/h10-13,15,17H,7-9,16H2,1-6H3,(H,35,42)(H,33,34,37). The number of fused-ring (bicyclic) bond motifs is 2. The molecule has 0 aliphatic carbocycles. The van der Waals surface area contributed by atoms with Gasteiger partial charge in [-0.2, -0.15) is 15.5 Å². The molecule has 0 atom stereocenters. The van der Waals surface area contributed by atoms with Crippen LogP contribution in [0.2, 0.25) is 0 Å². The molecule has 4 heterocycles. The van der Waals surface area contributed by atoms with Crippen LogP contribution in [0.3, 0.4) is 0 Å². The molecule has 1 aliphatic heterocycles. The number of hydrogen-bond acceptors (Lipinski definition) is 8. The summed E-state index contributed by atoms with van der Waals surface area (Å²) in [6.45, 7) is 12.1. The van der Waals surface area contributed by atoms with Crippen molar-refractivity contribution >= 4 is 40.1 Å². The number of pyridine rings is 1. The van der Waals surface area contributed by atoms with Crippen LogP contribution in [0.15, 0.2) is 30.5 Å². The quantitative estimate of drug-likeness (QED) is 0.313. The van der Waals surface area contributed by atoms with Crippen LogP contribution in [0.4, 0.5) is 26.5 Å². The number of aromatic nitrogens is 5. The zero-order chi connectivity index (χ0) is 31.1. The number of carbonyl (C=O) groups is 2. The van der Waals surface area contributed by atoms with Crippen LogP contribution in [-0.4, -0.2) is 59.6 Å². The summed E-state index contributed by atoms with van der Waals surface area (Å²) < 4.78 is 24.8. The molecular weight excluding hydrogens is 553 g/mol. The van der Waals surface area contributed by atoms with E-state index in [0.717, 1.165) is 5.69 Å². The molecule has 1 aliphatic rings. The summed E-state index contributed by atoms with van der Waals surface area (Å²) in [6.07, 6.45) is 1.31. The maximum absolute atomic E-state index is 16.2. The third kappa shape index (κ3) is 6.13. The van der Waals surface area contributed by atoms with Crippen LogP contribution in [0.5, 0.6) is 0 Å². The fourth-order valence-corrected chi connectivity index (χ4v) is 5.09. The number of rotatable bonds is 6. The lowest BCUT2D eigenvalue weighted by Gasteiger charge is -2.24. The molecule has 4 aromatic rings. The molecule has 13 heteroatoms. The Morgan fingerprint density at radius 3 is 2.63 bits per heavy atom. The van der Waals surface area contributed by atoms with E-state index < -0.39 is 17.5 Å². The lowest BCUT2D eigenvalue weighted by Crippen LogP contribution is -2.38. The molecule has 0 unspecified atom stereocenters. The van der Waals surface area contributed by atoms with E-state index in [1.807, 2.05) is 37.8 Å². The van der Waals surface area contributed by atoms with Crippen LogP contribution in [0, 0.1) is 17.1 Å². The number of hydrogen-bond donors (Lipinski definition) is 2. The summed E-state index contributed by atoms with van der Waals surface area (Å²) in [5.41, 5.74) is 0.694. The van der Waals surface area contributed by atoms with E-state index in [-0.39, 0.29) is 35.4 Å². The second-order valence-corrected chi connectivity index (χ2v) is 11.6. The molecule has 12 nitrogen and oxygen atoms in total. The first-order valence-electron chi connectivity index (χ1n) is 14.1. The van der Waals surface area contributed by atoms with E-state index in [0.29, 0.717) is 47.6 Å². The van der Waals surface area contributed by atoms with E-state index in [1.165, 1.54) is 16.9 Å². The van der Waals surface area contributed by atoms with Gasteiger partial charge in [0.2, 0.25) is 5.91 Å². The van der Waals surface area contributed by atoms with Crippen molar-refractivity contribution in [3.63, 3.8) is 0 Å². The van der Waals surface area contributed by atoms with E-state index in [4.69, 9.17) is 4.74 Å². The Morgan fingerprint density at radius 2 is 1.95 bits per heavy atom. The summed E-state index contributed by atoms with van der Waals surface area (Å²) in [6, 6.07) is 8.85. The molecule has 2 N–H and O–H groups in total. The van der Waals surface area contributed by atoms with Gasteiger partial charge < -0.3 is 15.0 Å². The monoisotopic (exact) mass is 587 g/mol. The minimum Gasteiger partial charge on any atom is -0.444 e. The lowest BCUT2D eigenvalue weighted by atomic mass is 10.0. The molecule has 0 fully saturated rings.